The van der Waals surface area contributed by atoms with E-state index in [9.17, 15) is 26.7 Å². The van der Waals surface area contributed by atoms with E-state index in [1.54, 1.807) is 0 Å². The first-order valence-electron chi connectivity index (χ1n) is 7.52. The van der Waals surface area contributed by atoms with Gasteiger partial charge in [0.25, 0.3) is 0 Å². The lowest BCUT2D eigenvalue weighted by atomic mass is 10.2. The van der Waals surface area contributed by atoms with Crippen LogP contribution in [0.4, 0.5) is 13.2 Å². The third-order valence-electron chi connectivity index (χ3n) is 3.84. The largest absolute Gasteiger partial charge is 0.573 e. The molecule has 1 fully saturated rings. The topological polar surface area (TPSA) is 97.5 Å². The smallest absolute Gasteiger partial charge is 0.406 e. The molecule has 0 bridgehead atoms. The van der Waals surface area contributed by atoms with Crippen LogP contribution >= 0.6 is 0 Å². The third kappa shape index (κ3) is 3.81. The summed E-state index contributed by atoms with van der Waals surface area (Å²) in [5, 5.41) is 17.1. The van der Waals surface area contributed by atoms with Crippen molar-refractivity contribution in [1.82, 2.24) is 19.3 Å². The predicted octanol–water partition coefficient (Wildman–Crippen LogP) is 1.48. The molecule has 1 N–H and O–H groups in total. The van der Waals surface area contributed by atoms with Crippen LogP contribution in [0.1, 0.15) is 24.8 Å². The average Bonchev–Trinajstić information content (AvgIpc) is 2.93. The SMILES string of the molecule is CC(O)c1cn(C2CN(S(=O)(=O)c3cccc(OC(F)(F)F)c3)C2)nn1. The van der Waals surface area contributed by atoms with E-state index >= 15 is 0 Å². The van der Waals surface area contributed by atoms with Crippen LogP contribution in [0.2, 0.25) is 0 Å². The zero-order chi connectivity index (χ0) is 19.1. The highest BCUT2D eigenvalue weighted by molar-refractivity contribution is 7.89. The Kier molecular flexibility index (Phi) is 4.67. The lowest BCUT2D eigenvalue weighted by molar-refractivity contribution is -0.274. The fourth-order valence-corrected chi connectivity index (χ4v) is 3.97. The maximum absolute atomic E-state index is 12.5. The average molecular weight is 392 g/mol. The van der Waals surface area contributed by atoms with Gasteiger partial charge in [0.05, 0.1) is 23.2 Å². The molecule has 2 aromatic rings. The Balaban J connectivity index is 1.71. The molecule has 12 heteroatoms. The summed E-state index contributed by atoms with van der Waals surface area (Å²) >= 11 is 0. The van der Waals surface area contributed by atoms with Crippen LogP contribution in [-0.2, 0) is 10.0 Å². The Morgan fingerprint density at radius 1 is 1.35 bits per heavy atom. The molecule has 1 aromatic carbocycles. The van der Waals surface area contributed by atoms with Crippen molar-refractivity contribution in [1.29, 1.82) is 0 Å². The molecule has 0 radical (unpaired) electrons. The number of aliphatic hydroxyl groups excluding tert-OH is 1. The highest BCUT2D eigenvalue weighted by Gasteiger charge is 2.39. The van der Waals surface area contributed by atoms with Gasteiger partial charge in [0.15, 0.2) is 0 Å². The zero-order valence-electron chi connectivity index (χ0n) is 13.5. The minimum Gasteiger partial charge on any atom is -0.406 e. The molecular weight excluding hydrogens is 377 g/mol. The van der Waals surface area contributed by atoms with E-state index in [2.05, 4.69) is 15.0 Å². The maximum Gasteiger partial charge on any atom is 0.573 e. The highest BCUT2D eigenvalue weighted by Crippen LogP contribution is 2.31. The Morgan fingerprint density at radius 2 is 2.04 bits per heavy atom. The molecule has 0 saturated carbocycles. The zero-order valence-corrected chi connectivity index (χ0v) is 14.3. The van der Waals surface area contributed by atoms with Gasteiger partial charge in [0, 0.05) is 19.2 Å². The summed E-state index contributed by atoms with van der Waals surface area (Å²) in [6.07, 6.45) is -4.17. The molecular formula is C14H15F3N4O4S. The summed E-state index contributed by atoms with van der Waals surface area (Å²) in [6, 6.07) is 3.97. The van der Waals surface area contributed by atoms with Crippen LogP contribution < -0.4 is 4.74 Å². The van der Waals surface area contributed by atoms with Gasteiger partial charge in [-0.2, -0.15) is 4.31 Å². The molecule has 1 aliphatic heterocycles. The number of halogens is 3. The number of hydrogen-bond acceptors (Lipinski definition) is 6. The van der Waals surface area contributed by atoms with Crippen molar-refractivity contribution in [2.24, 2.45) is 0 Å². The number of nitrogens with zero attached hydrogens (tertiary/aromatic N) is 4. The number of aromatic nitrogens is 3. The van der Waals surface area contributed by atoms with Gasteiger partial charge in [-0.15, -0.1) is 18.3 Å². The molecule has 1 unspecified atom stereocenters. The molecule has 26 heavy (non-hydrogen) atoms. The van der Waals surface area contributed by atoms with Crippen LogP contribution in [0.3, 0.4) is 0 Å². The second kappa shape index (κ2) is 6.52. The lowest BCUT2D eigenvalue weighted by Crippen LogP contribution is -2.50. The number of hydrogen-bond donors (Lipinski definition) is 1. The molecule has 0 spiro atoms. The summed E-state index contributed by atoms with van der Waals surface area (Å²) in [5.74, 6) is -0.603. The van der Waals surface area contributed by atoms with E-state index < -0.39 is 28.2 Å². The van der Waals surface area contributed by atoms with Gasteiger partial charge in [-0.25, -0.2) is 13.1 Å². The predicted molar refractivity (Wildman–Crippen MR) is 81.6 cm³/mol. The number of ether oxygens (including phenoxy) is 1. The van der Waals surface area contributed by atoms with Crippen molar-refractivity contribution in [3.63, 3.8) is 0 Å². The van der Waals surface area contributed by atoms with Crippen LogP contribution in [-0.4, -0.2) is 52.3 Å². The standard InChI is InChI=1S/C14H15F3N4O4S/c1-9(22)13-8-21(19-18-13)10-6-20(7-10)26(23,24)12-4-2-3-11(5-12)25-14(15,16)17/h2-5,8-10,22H,6-7H2,1H3. The van der Waals surface area contributed by atoms with Crippen molar-refractivity contribution in [2.45, 2.75) is 30.3 Å². The Morgan fingerprint density at radius 3 is 2.62 bits per heavy atom. The van der Waals surface area contributed by atoms with E-state index in [0.29, 0.717) is 5.69 Å². The van der Waals surface area contributed by atoms with Crippen molar-refractivity contribution in [3.05, 3.63) is 36.2 Å². The molecule has 0 amide bonds. The van der Waals surface area contributed by atoms with E-state index in [0.717, 1.165) is 16.4 Å². The summed E-state index contributed by atoms with van der Waals surface area (Å²) in [7, 11) is -3.96. The normalized spacial score (nSPS) is 17.7. The summed E-state index contributed by atoms with van der Waals surface area (Å²) in [5.41, 5.74) is 0.364. The molecule has 1 saturated heterocycles. The highest BCUT2D eigenvalue weighted by atomic mass is 32.2. The second-order valence-corrected chi connectivity index (χ2v) is 7.74. The van der Waals surface area contributed by atoms with Gasteiger partial charge in [0.1, 0.15) is 11.4 Å². The van der Waals surface area contributed by atoms with Gasteiger partial charge in [-0.3, -0.25) is 0 Å². The van der Waals surface area contributed by atoms with Crippen molar-refractivity contribution in [2.75, 3.05) is 13.1 Å². The van der Waals surface area contributed by atoms with Gasteiger partial charge < -0.3 is 9.84 Å². The van der Waals surface area contributed by atoms with Gasteiger partial charge >= 0.3 is 6.36 Å². The van der Waals surface area contributed by atoms with Gasteiger partial charge in [-0.1, -0.05) is 11.3 Å². The monoisotopic (exact) mass is 392 g/mol. The number of alkyl halides is 3. The minimum atomic E-state index is -4.90. The minimum absolute atomic E-state index is 0.0926. The molecule has 1 aliphatic rings. The quantitative estimate of drug-likeness (QED) is 0.828. The number of aliphatic hydroxyl groups is 1. The molecule has 0 aliphatic carbocycles. The third-order valence-corrected chi connectivity index (χ3v) is 5.66. The second-order valence-electron chi connectivity index (χ2n) is 5.80. The summed E-state index contributed by atoms with van der Waals surface area (Å²) in [4.78, 5) is -0.291. The number of rotatable bonds is 5. The maximum atomic E-state index is 12.5. The first-order chi connectivity index (χ1) is 12.1. The summed E-state index contributed by atoms with van der Waals surface area (Å²) < 4.78 is 68.2. The van der Waals surface area contributed by atoms with Crippen molar-refractivity contribution < 1.29 is 31.4 Å². The van der Waals surface area contributed by atoms with E-state index in [4.69, 9.17) is 0 Å². The number of benzene rings is 1. The van der Waals surface area contributed by atoms with Crippen molar-refractivity contribution in [3.8, 4) is 5.75 Å². The molecule has 142 valence electrons. The Labute approximate surface area is 146 Å². The molecule has 8 nitrogen and oxygen atoms in total. The van der Waals surface area contributed by atoms with Crippen molar-refractivity contribution >= 4 is 10.0 Å². The first-order valence-corrected chi connectivity index (χ1v) is 8.96. The van der Waals surface area contributed by atoms with Gasteiger partial charge in [-0.05, 0) is 19.1 Å². The molecule has 1 aromatic heterocycles. The van der Waals surface area contributed by atoms with Crippen LogP contribution in [0, 0.1) is 0 Å². The van der Waals surface area contributed by atoms with E-state index in [-0.39, 0.29) is 24.0 Å². The Bertz CT molecular complexity index is 892. The molecule has 2 heterocycles. The fourth-order valence-electron chi connectivity index (χ4n) is 2.42. The van der Waals surface area contributed by atoms with Crippen LogP contribution in [0.5, 0.6) is 5.75 Å². The number of sulfonamides is 1. The summed E-state index contributed by atoms with van der Waals surface area (Å²) in [6.45, 7) is 1.71. The lowest BCUT2D eigenvalue weighted by Gasteiger charge is -2.37. The van der Waals surface area contributed by atoms with E-state index in [1.807, 2.05) is 0 Å². The molecule has 3 rings (SSSR count). The Hall–Kier alpha value is -2.18. The molecule has 1 atom stereocenters. The van der Waals surface area contributed by atoms with Crippen LogP contribution in [0.15, 0.2) is 35.4 Å². The van der Waals surface area contributed by atoms with Gasteiger partial charge in [0.2, 0.25) is 10.0 Å². The van der Waals surface area contributed by atoms with E-state index in [1.165, 1.54) is 29.9 Å². The first kappa shape index (κ1) is 18.6. The van der Waals surface area contributed by atoms with Crippen LogP contribution in [0.25, 0.3) is 0 Å². The fraction of sp³-hybridized carbons (Fsp3) is 0.429.